The molecule has 0 unspecified atom stereocenters. The van der Waals surface area contributed by atoms with E-state index >= 15 is 0 Å². The summed E-state index contributed by atoms with van der Waals surface area (Å²) >= 11 is 5.33. The minimum absolute atomic E-state index is 0.616. The molecule has 1 heterocycles. The molecule has 0 saturated carbocycles. The third-order valence-electron chi connectivity index (χ3n) is 3.62. The van der Waals surface area contributed by atoms with E-state index in [-0.39, 0.29) is 0 Å². The predicted molar refractivity (Wildman–Crippen MR) is 102 cm³/mol. The van der Waals surface area contributed by atoms with Gasteiger partial charge in [-0.2, -0.15) is 5.10 Å². The second kappa shape index (κ2) is 8.26. The summed E-state index contributed by atoms with van der Waals surface area (Å²) in [5.74, 6) is 0. The van der Waals surface area contributed by atoms with Gasteiger partial charge in [-0.15, -0.1) is 0 Å². The van der Waals surface area contributed by atoms with Crippen LogP contribution in [-0.2, 0) is 13.0 Å². The van der Waals surface area contributed by atoms with Gasteiger partial charge in [0.2, 0.25) is 0 Å². The topological polar surface area (TPSA) is 41.9 Å². The predicted octanol–water partition coefficient (Wildman–Crippen LogP) is 3.46. The minimum atomic E-state index is 0.616. The van der Waals surface area contributed by atoms with Crippen LogP contribution in [0.2, 0.25) is 0 Å². The number of benzene rings is 2. The number of anilines is 1. The van der Waals surface area contributed by atoms with Gasteiger partial charge in [0.1, 0.15) is 0 Å². The highest BCUT2D eigenvalue weighted by molar-refractivity contribution is 7.80. The Bertz CT molecular complexity index is 768. The second-order valence-electron chi connectivity index (χ2n) is 5.53. The average molecular weight is 336 g/mol. The molecule has 3 aromatic rings. The van der Waals surface area contributed by atoms with Crippen LogP contribution in [0.25, 0.3) is 0 Å². The molecule has 1 aromatic heterocycles. The Kier molecular flexibility index (Phi) is 5.58. The second-order valence-corrected chi connectivity index (χ2v) is 5.94. The molecule has 24 heavy (non-hydrogen) atoms. The van der Waals surface area contributed by atoms with Crippen LogP contribution in [0.5, 0.6) is 0 Å². The molecule has 0 aliphatic rings. The molecule has 0 spiro atoms. The van der Waals surface area contributed by atoms with Gasteiger partial charge in [-0.05, 0) is 29.8 Å². The maximum Gasteiger partial charge on any atom is 0.170 e. The van der Waals surface area contributed by atoms with Crippen LogP contribution in [0, 0.1) is 0 Å². The van der Waals surface area contributed by atoms with E-state index in [1.165, 1.54) is 11.1 Å². The summed E-state index contributed by atoms with van der Waals surface area (Å²) in [5, 5.41) is 11.4. The van der Waals surface area contributed by atoms with Crippen molar-refractivity contribution in [1.82, 2.24) is 15.1 Å². The first-order chi connectivity index (χ1) is 11.8. The fourth-order valence-corrected chi connectivity index (χ4v) is 2.65. The summed E-state index contributed by atoms with van der Waals surface area (Å²) < 4.78 is 1.89. The number of hydrogen-bond acceptors (Lipinski definition) is 2. The van der Waals surface area contributed by atoms with Crippen LogP contribution in [0.3, 0.4) is 0 Å². The molecule has 0 bridgehead atoms. The lowest BCUT2D eigenvalue weighted by Crippen LogP contribution is -2.30. The summed E-state index contributed by atoms with van der Waals surface area (Å²) in [6.07, 6.45) is 4.68. The molecule has 0 atom stereocenters. The molecule has 0 radical (unpaired) electrons. The van der Waals surface area contributed by atoms with Crippen LogP contribution < -0.4 is 10.6 Å². The van der Waals surface area contributed by atoms with Gasteiger partial charge in [0.25, 0.3) is 0 Å². The number of nitrogens with zero attached hydrogens (tertiary/aromatic N) is 2. The van der Waals surface area contributed by atoms with Crippen LogP contribution in [0.4, 0.5) is 5.69 Å². The number of thiocarbonyl (C=S) groups is 1. The minimum Gasteiger partial charge on any atom is -0.362 e. The van der Waals surface area contributed by atoms with Crippen molar-refractivity contribution in [2.24, 2.45) is 0 Å². The molecule has 4 nitrogen and oxygen atoms in total. The van der Waals surface area contributed by atoms with Crippen molar-refractivity contribution in [1.29, 1.82) is 0 Å². The Morgan fingerprint density at radius 1 is 0.958 bits per heavy atom. The Morgan fingerprint density at radius 3 is 2.33 bits per heavy atom. The van der Waals surface area contributed by atoms with Gasteiger partial charge in [-0.3, -0.25) is 4.68 Å². The Balaban J connectivity index is 1.45. The SMILES string of the molecule is S=C(NCCc1ccccc1)Nc1cnn(Cc2ccccc2)c1. The molecule has 2 N–H and O–H groups in total. The lowest BCUT2D eigenvalue weighted by molar-refractivity contribution is 0.687. The zero-order valence-corrected chi connectivity index (χ0v) is 14.2. The van der Waals surface area contributed by atoms with Crippen molar-refractivity contribution in [2.45, 2.75) is 13.0 Å². The van der Waals surface area contributed by atoms with Crippen molar-refractivity contribution in [3.8, 4) is 0 Å². The normalized spacial score (nSPS) is 10.3. The molecule has 122 valence electrons. The zero-order chi connectivity index (χ0) is 16.6. The molecule has 0 saturated heterocycles. The van der Waals surface area contributed by atoms with Crippen molar-refractivity contribution >= 4 is 23.0 Å². The largest absolute Gasteiger partial charge is 0.362 e. The van der Waals surface area contributed by atoms with Gasteiger partial charge in [0.05, 0.1) is 18.4 Å². The molecule has 5 heteroatoms. The van der Waals surface area contributed by atoms with Crippen molar-refractivity contribution in [2.75, 3.05) is 11.9 Å². The van der Waals surface area contributed by atoms with E-state index in [1.807, 2.05) is 47.3 Å². The van der Waals surface area contributed by atoms with Gasteiger partial charge in [0.15, 0.2) is 5.11 Å². The first kappa shape index (κ1) is 16.2. The highest BCUT2D eigenvalue weighted by atomic mass is 32.1. The number of hydrogen-bond donors (Lipinski definition) is 2. The first-order valence-electron chi connectivity index (χ1n) is 7.95. The van der Waals surface area contributed by atoms with E-state index in [0.717, 1.165) is 25.2 Å². The third-order valence-corrected chi connectivity index (χ3v) is 3.87. The molecule has 0 aliphatic carbocycles. The van der Waals surface area contributed by atoms with Gasteiger partial charge < -0.3 is 10.6 Å². The van der Waals surface area contributed by atoms with E-state index in [2.05, 4.69) is 40.0 Å². The maximum atomic E-state index is 5.33. The molecular formula is C19H20N4S. The molecule has 0 fully saturated rings. The van der Waals surface area contributed by atoms with Crippen molar-refractivity contribution in [3.05, 3.63) is 84.2 Å². The molecule has 0 amide bonds. The molecular weight excluding hydrogens is 316 g/mol. The van der Waals surface area contributed by atoms with E-state index in [4.69, 9.17) is 12.2 Å². The highest BCUT2D eigenvalue weighted by Gasteiger charge is 2.02. The average Bonchev–Trinajstić information content (AvgIpc) is 3.03. The van der Waals surface area contributed by atoms with Gasteiger partial charge in [-0.25, -0.2) is 0 Å². The number of nitrogens with one attached hydrogen (secondary N) is 2. The van der Waals surface area contributed by atoms with Crippen LogP contribution in [0.15, 0.2) is 73.1 Å². The number of aromatic nitrogens is 2. The first-order valence-corrected chi connectivity index (χ1v) is 8.35. The van der Waals surface area contributed by atoms with Crippen LogP contribution in [0.1, 0.15) is 11.1 Å². The fraction of sp³-hybridized carbons (Fsp3) is 0.158. The van der Waals surface area contributed by atoms with Crippen molar-refractivity contribution in [3.63, 3.8) is 0 Å². The number of rotatable bonds is 6. The molecule has 2 aromatic carbocycles. The lowest BCUT2D eigenvalue weighted by atomic mass is 10.1. The zero-order valence-electron chi connectivity index (χ0n) is 13.4. The van der Waals surface area contributed by atoms with Gasteiger partial charge >= 0.3 is 0 Å². The standard InChI is InChI=1S/C19H20N4S/c24-19(20-12-11-16-7-3-1-4-8-16)22-18-13-21-23(15-18)14-17-9-5-2-6-10-17/h1-10,13,15H,11-12,14H2,(H2,20,22,24). The molecule has 0 aliphatic heterocycles. The van der Waals surface area contributed by atoms with Gasteiger partial charge in [-0.1, -0.05) is 60.7 Å². The Hall–Kier alpha value is -2.66. The van der Waals surface area contributed by atoms with E-state index in [0.29, 0.717) is 5.11 Å². The summed E-state index contributed by atoms with van der Waals surface area (Å²) in [4.78, 5) is 0. The summed E-state index contributed by atoms with van der Waals surface area (Å²) in [7, 11) is 0. The Labute approximate surface area is 147 Å². The van der Waals surface area contributed by atoms with Gasteiger partial charge in [0, 0.05) is 12.7 Å². The Morgan fingerprint density at radius 2 is 1.62 bits per heavy atom. The maximum absolute atomic E-state index is 5.33. The van der Waals surface area contributed by atoms with Crippen LogP contribution >= 0.6 is 12.2 Å². The highest BCUT2D eigenvalue weighted by Crippen LogP contribution is 2.08. The lowest BCUT2D eigenvalue weighted by Gasteiger charge is -2.08. The fourth-order valence-electron chi connectivity index (χ4n) is 2.43. The van der Waals surface area contributed by atoms with Crippen LogP contribution in [-0.4, -0.2) is 21.4 Å². The van der Waals surface area contributed by atoms with E-state index < -0.39 is 0 Å². The summed E-state index contributed by atoms with van der Waals surface area (Å²) in [5.41, 5.74) is 3.40. The summed E-state index contributed by atoms with van der Waals surface area (Å²) in [6.45, 7) is 1.55. The van der Waals surface area contributed by atoms with E-state index in [9.17, 15) is 0 Å². The van der Waals surface area contributed by atoms with Crippen molar-refractivity contribution < 1.29 is 0 Å². The smallest absolute Gasteiger partial charge is 0.170 e. The quantitative estimate of drug-likeness (QED) is 0.677. The molecule has 3 rings (SSSR count). The van der Waals surface area contributed by atoms with E-state index in [1.54, 1.807) is 6.20 Å². The monoisotopic (exact) mass is 336 g/mol. The third kappa shape index (κ3) is 4.93. The summed E-state index contributed by atoms with van der Waals surface area (Å²) in [6, 6.07) is 20.6.